The van der Waals surface area contributed by atoms with Gasteiger partial charge >= 0.3 is 6.09 Å². The smallest absolute Gasteiger partial charge is 0.414 e. The fraction of sp³-hybridized carbons (Fsp3) is 0.458. The van der Waals surface area contributed by atoms with Crippen LogP contribution in [0.4, 0.5) is 23.7 Å². The Morgan fingerprint density at radius 3 is 2.34 bits per heavy atom. The SMILES string of the molecule is CCOCCCCOc1c(F)cc(-c2cc(F)cc3c2N(C(=O)OC)C(C)(C)C3)cc1F. The number of benzene rings is 2. The van der Waals surface area contributed by atoms with E-state index >= 15 is 0 Å². The Morgan fingerprint density at radius 2 is 1.72 bits per heavy atom. The first kappa shape index (κ1) is 23.9. The van der Waals surface area contributed by atoms with E-state index in [4.69, 9.17) is 14.2 Å². The Labute approximate surface area is 186 Å². The number of ether oxygens (including phenoxy) is 3. The van der Waals surface area contributed by atoms with Crippen molar-refractivity contribution in [3.05, 3.63) is 47.3 Å². The summed E-state index contributed by atoms with van der Waals surface area (Å²) in [6, 6.07) is 4.68. The fourth-order valence-electron chi connectivity index (χ4n) is 4.03. The molecule has 32 heavy (non-hydrogen) atoms. The molecule has 1 aliphatic heterocycles. The highest BCUT2D eigenvalue weighted by molar-refractivity contribution is 5.98. The molecule has 3 rings (SSSR count). The zero-order valence-electron chi connectivity index (χ0n) is 18.8. The predicted molar refractivity (Wildman–Crippen MR) is 116 cm³/mol. The number of anilines is 1. The lowest BCUT2D eigenvalue weighted by Crippen LogP contribution is -2.45. The summed E-state index contributed by atoms with van der Waals surface area (Å²) in [6.07, 6.45) is 1.04. The molecular weight excluding hydrogens is 423 g/mol. The van der Waals surface area contributed by atoms with Gasteiger partial charge in [-0.2, -0.15) is 0 Å². The molecule has 0 aliphatic carbocycles. The number of carbonyl (C=O) groups is 1. The standard InChI is InChI=1S/C24H28F3NO4/c1-5-31-8-6-7-9-32-22-19(26)11-15(12-20(22)27)18-13-17(25)10-16-14-24(2,3)28(21(16)18)23(29)30-4/h10-13H,5-9,14H2,1-4H3. The van der Waals surface area contributed by atoms with E-state index in [1.807, 2.05) is 20.8 Å². The van der Waals surface area contributed by atoms with Crippen molar-refractivity contribution in [2.24, 2.45) is 0 Å². The third kappa shape index (κ3) is 4.85. The Hall–Kier alpha value is -2.74. The summed E-state index contributed by atoms with van der Waals surface area (Å²) in [5, 5.41) is 0. The quantitative estimate of drug-likeness (QED) is 0.471. The highest BCUT2D eigenvalue weighted by atomic mass is 19.1. The number of hydrogen-bond acceptors (Lipinski definition) is 4. The van der Waals surface area contributed by atoms with E-state index in [0.29, 0.717) is 43.7 Å². The minimum atomic E-state index is -0.898. The number of methoxy groups -OCH3 is 1. The van der Waals surface area contributed by atoms with Crippen LogP contribution in [0.15, 0.2) is 24.3 Å². The largest absolute Gasteiger partial charge is 0.488 e. The fourth-order valence-corrected chi connectivity index (χ4v) is 4.03. The van der Waals surface area contributed by atoms with Crippen molar-refractivity contribution in [2.45, 2.75) is 45.6 Å². The number of nitrogens with zero attached hydrogens (tertiary/aromatic N) is 1. The Morgan fingerprint density at radius 1 is 1.06 bits per heavy atom. The van der Waals surface area contributed by atoms with Crippen molar-refractivity contribution in [2.75, 3.05) is 31.8 Å². The van der Waals surface area contributed by atoms with Crippen LogP contribution in [0.5, 0.6) is 5.75 Å². The molecule has 2 aromatic carbocycles. The van der Waals surface area contributed by atoms with E-state index in [0.717, 1.165) is 12.1 Å². The zero-order chi connectivity index (χ0) is 23.5. The van der Waals surface area contributed by atoms with Gasteiger partial charge in [-0.25, -0.2) is 18.0 Å². The van der Waals surface area contributed by atoms with Crippen molar-refractivity contribution in [3.63, 3.8) is 0 Å². The van der Waals surface area contributed by atoms with E-state index in [2.05, 4.69) is 0 Å². The Kier molecular flexibility index (Phi) is 7.33. The second-order valence-electron chi connectivity index (χ2n) is 8.28. The van der Waals surface area contributed by atoms with Crippen molar-refractivity contribution in [1.29, 1.82) is 0 Å². The number of rotatable bonds is 8. The lowest BCUT2D eigenvalue weighted by atomic mass is 9.97. The third-order valence-corrected chi connectivity index (χ3v) is 5.41. The first-order valence-electron chi connectivity index (χ1n) is 10.6. The zero-order valence-corrected chi connectivity index (χ0v) is 18.8. The molecule has 174 valence electrons. The van der Waals surface area contributed by atoms with Gasteiger partial charge in [-0.3, -0.25) is 4.90 Å². The Bertz CT molecular complexity index is 970. The van der Waals surface area contributed by atoms with Crippen molar-refractivity contribution in [3.8, 4) is 16.9 Å². The van der Waals surface area contributed by atoms with Crippen LogP contribution in [0.3, 0.4) is 0 Å². The van der Waals surface area contributed by atoms with Crippen LogP contribution >= 0.6 is 0 Å². The molecular formula is C24H28F3NO4. The minimum absolute atomic E-state index is 0.103. The van der Waals surface area contributed by atoms with E-state index in [-0.39, 0.29) is 17.7 Å². The monoisotopic (exact) mass is 451 g/mol. The molecule has 0 fully saturated rings. The maximum Gasteiger partial charge on any atom is 0.414 e. The van der Waals surface area contributed by atoms with Crippen LogP contribution in [0.1, 0.15) is 39.2 Å². The minimum Gasteiger partial charge on any atom is -0.488 e. The predicted octanol–water partition coefficient (Wildman–Crippen LogP) is 5.87. The van der Waals surface area contributed by atoms with Crippen LogP contribution in [-0.4, -0.2) is 38.6 Å². The molecule has 0 aromatic heterocycles. The average Bonchev–Trinajstić information content (AvgIpc) is 3.00. The van der Waals surface area contributed by atoms with Crippen LogP contribution < -0.4 is 9.64 Å². The first-order chi connectivity index (χ1) is 15.2. The summed E-state index contributed by atoms with van der Waals surface area (Å²) < 4.78 is 59.3. The van der Waals surface area contributed by atoms with Crippen molar-refractivity contribution in [1.82, 2.24) is 0 Å². The van der Waals surface area contributed by atoms with Gasteiger partial charge in [-0.15, -0.1) is 0 Å². The maximum absolute atomic E-state index is 14.8. The second kappa shape index (κ2) is 9.81. The summed E-state index contributed by atoms with van der Waals surface area (Å²) >= 11 is 0. The normalized spacial score (nSPS) is 14.4. The number of carbonyl (C=O) groups excluding carboxylic acids is 1. The Balaban J connectivity index is 1.94. The number of amides is 1. The highest BCUT2D eigenvalue weighted by Gasteiger charge is 2.42. The number of fused-ring (bicyclic) bond motifs is 1. The molecule has 0 N–H and O–H groups in total. The molecule has 1 amide bonds. The van der Waals surface area contributed by atoms with E-state index in [1.54, 1.807) is 0 Å². The van der Waals surface area contributed by atoms with Crippen molar-refractivity contribution >= 4 is 11.8 Å². The van der Waals surface area contributed by atoms with Crippen LogP contribution in [-0.2, 0) is 15.9 Å². The maximum atomic E-state index is 14.8. The van der Waals surface area contributed by atoms with Crippen molar-refractivity contribution < 1.29 is 32.2 Å². The van der Waals surface area contributed by atoms with Gasteiger partial charge in [0.15, 0.2) is 17.4 Å². The molecule has 1 aliphatic rings. The van der Waals surface area contributed by atoms with Gasteiger partial charge in [0.2, 0.25) is 0 Å². The molecule has 1 heterocycles. The summed E-state index contributed by atoms with van der Waals surface area (Å²) in [7, 11) is 1.25. The van der Waals surface area contributed by atoms with Gasteiger partial charge in [0.1, 0.15) is 5.82 Å². The molecule has 2 aromatic rings. The molecule has 0 saturated heterocycles. The molecule has 0 spiro atoms. The average molecular weight is 451 g/mol. The van der Waals surface area contributed by atoms with Gasteiger partial charge in [0.05, 0.1) is 19.4 Å². The van der Waals surface area contributed by atoms with Crippen LogP contribution in [0.25, 0.3) is 11.1 Å². The number of halogens is 3. The lowest BCUT2D eigenvalue weighted by molar-refractivity contribution is 0.138. The molecule has 5 nitrogen and oxygen atoms in total. The third-order valence-electron chi connectivity index (χ3n) is 5.41. The van der Waals surface area contributed by atoms with E-state index in [1.165, 1.54) is 24.1 Å². The molecule has 0 unspecified atom stereocenters. The summed E-state index contributed by atoms with van der Waals surface area (Å²) in [6.45, 7) is 6.83. The molecule has 0 radical (unpaired) electrons. The first-order valence-corrected chi connectivity index (χ1v) is 10.6. The van der Waals surface area contributed by atoms with Crippen LogP contribution in [0.2, 0.25) is 0 Å². The van der Waals surface area contributed by atoms with Gasteiger partial charge in [-0.05, 0) is 75.4 Å². The number of hydrogen-bond donors (Lipinski definition) is 0. The van der Waals surface area contributed by atoms with Crippen LogP contribution in [0, 0.1) is 17.5 Å². The lowest BCUT2D eigenvalue weighted by Gasteiger charge is -2.31. The molecule has 0 bridgehead atoms. The summed E-state index contributed by atoms with van der Waals surface area (Å²) in [5.74, 6) is -2.84. The van der Waals surface area contributed by atoms with Gasteiger partial charge in [0, 0.05) is 24.3 Å². The second-order valence-corrected chi connectivity index (χ2v) is 8.28. The highest BCUT2D eigenvalue weighted by Crippen LogP contribution is 2.46. The number of unbranched alkanes of at least 4 members (excludes halogenated alkanes) is 1. The van der Waals surface area contributed by atoms with Gasteiger partial charge in [-0.1, -0.05) is 0 Å². The van der Waals surface area contributed by atoms with Gasteiger partial charge in [0.25, 0.3) is 0 Å². The summed E-state index contributed by atoms with van der Waals surface area (Å²) in [5.41, 5.74) is 0.556. The summed E-state index contributed by atoms with van der Waals surface area (Å²) in [4.78, 5) is 13.9. The van der Waals surface area contributed by atoms with E-state index < -0.39 is 34.8 Å². The molecule has 8 heteroatoms. The molecule has 0 atom stereocenters. The topological polar surface area (TPSA) is 48.0 Å². The van der Waals surface area contributed by atoms with Gasteiger partial charge < -0.3 is 14.2 Å². The van der Waals surface area contributed by atoms with E-state index in [9.17, 15) is 18.0 Å². The molecule has 0 saturated carbocycles.